The van der Waals surface area contributed by atoms with Crippen LogP contribution in [0.1, 0.15) is 148 Å². The van der Waals surface area contributed by atoms with Crippen LogP contribution in [0.4, 0.5) is 9.59 Å². The Morgan fingerprint density at radius 3 is 2.09 bits per heavy atom. The van der Waals surface area contributed by atoms with Gasteiger partial charge in [-0.05, 0) is 82.7 Å². The Bertz CT molecular complexity index is 2950. The van der Waals surface area contributed by atoms with Crippen molar-refractivity contribution in [2.45, 2.75) is 192 Å². The van der Waals surface area contributed by atoms with Crippen LogP contribution >= 0.6 is 0 Å². The lowest BCUT2D eigenvalue weighted by Gasteiger charge is -2.63. The molecule has 3 aliphatic carbocycles. The Labute approximate surface area is 509 Å². The van der Waals surface area contributed by atoms with Gasteiger partial charge < -0.3 is 74.5 Å². The average molecular weight is 1240 g/mol. The van der Waals surface area contributed by atoms with Crippen molar-refractivity contribution in [2.75, 3.05) is 20.3 Å². The predicted molar refractivity (Wildman–Crippen MR) is 307 cm³/mol. The Balaban J connectivity index is 1.28. The van der Waals surface area contributed by atoms with E-state index in [9.17, 15) is 53.4 Å². The molecule has 88 heavy (non-hydrogen) atoms. The predicted octanol–water partition coefficient (Wildman–Crippen LogP) is 5.31. The highest BCUT2D eigenvalue weighted by Crippen LogP contribution is 2.63. The second-order valence-electron chi connectivity index (χ2n) is 24.5. The van der Waals surface area contributed by atoms with E-state index in [1.54, 1.807) is 104 Å². The Morgan fingerprint density at radius 2 is 1.51 bits per heavy atom. The minimum Gasteiger partial charge on any atom is -0.481 e. The highest BCUT2D eigenvalue weighted by Gasteiger charge is 2.74. The molecule has 7 N–H and O–H groups in total. The lowest BCUT2D eigenvalue weighted by Crippen LogP contribution is -2.77. The van der Waals surface area contributed by atoms with Crippen LogP contribution in [0.25, 0.3) is 0 Å². The van der Waals surface area contributed by atoms with Crippen molar-refractivity contribution < 1.29 is 106 Å². The van der Waals surface area contributed by atoms with Crippen LogP contribution in [0.15, 0.2) is 71.8 Å². The molecule has 3 fully saturated rings. The number of carbonyl (C=O) groups excluding carboxylic acids is 9. The smallest absolute Gasteiger partial charge is 0.408 e. The molecule has 1 aliphatic heterocycles. The Kier molecular flexibility index (Phi) is 22.7. The fraction of sp³-hybridized carbons (Fsp3) is 0.597. The van der Waals surface area contributed by atoms with Crippen LogP contribution in [0, 0.1) is 22.7 Å². The summed E-state index contributed by atoms with van der Waals surface area (Å²) in [5.41, 5.74) is -6.47. The number of ether oxygens (including phenoxy) is 8. The number of esters is 4. The molecule has 2 aromatic carbocycles. The van der Waals surface area contributed by atoms with Gasteiger partial charge in [-0.2, -0.15) is 0 Å². The van der Waals surface area contributed by atoms with Crippen molar-refractivity contribution in [1.29, 1.82) is 0 Å². The van der Waals surface area contributed by atoms with Crippen LogP contribution < -0.4 is 21.3 Å². The quantitative estimate of drug-likeness (QED) is 0.0157. The molecule has 0 unspecified atom stereocenters. The second kappa shape index (κ2) is 28.9. The first-order valence-corrected chi connectivity index (χ1v) is 29.2. The fourth-order valence-electron chi connectivity index (χ4n) is 13.0. The summed E-state index contributed by atoms with van der Waals surface area (Å²) >= 11 is 0. The summed E-state index contributed by atoms with van der Waals surface area (Å²) in [7, 11) is 1.44. The highest BCUT2D eigenvalue weighted by atomic mass is 16.6. The minimum atomic E-state index is -2.03. The Hall–Kier alpha value is -7.97. The number of benzene rings is 2. The molecule has 0 spiro atoms. The molecule has 1 heterocycles. The zero-order chi connectivity index (χ0) is 65.1. The van der Waals surface area contributed by atoms with E-state index < -0.39 is 180 Å². The summed E-state index contributed by atoms with van der Waals surface area (Å²) in [6.45, 7) is 14.4. The topological polar surface area (TPSA) is 370 Å². The Morgan fingerprint density at radius 1 is 0.852 bits per heavy atom. The largest absolute Gasteiger partial charge is 0.481 e. The number of amides is 4. The molecular formula is C62H82N4O22. The van der Waals surface area contributed by atoms with Gasteiger partial charge in [-0.25, -0.2) is 24.0 Å². The fourth-order valence-corrected chi connectivity index (χ4v) is 13.0. The highest BCUT2D eigenvalue weighted by molar-refractivity contribution is 5.92. The molecule has 26 nitrogen and oxygen atoms in total. The molecule has 2 aromatic rings. The van der Waals surface area contributed by atoms with E-state index in [1.807, 2.05) is 0 Å². The first kappa shape index (κ1) is 69.1. The first-order valence-electron chi connectivity index (χ1n) is 29.2. The molecule has 4 amide bonds. The maximum atomic E-state index is 16.0. The van der Waals surface area contributed by atoms with Crippen molar-refractivity contribution in [1.82, 2.24) is 21.3 Å². The lowest BCUT2D eigenvalue weighted by atomic mass is 9.51. The van der Waals surface area contributed by atoms with E-state index in [-0.39, 0.29) is 62.9 Å². The monoisotopic (exact) mass is 1230 g/mol. The third-order valence-electron chi connectivity index (χ3n) is 17.2. The van der Waals surface area contributed by atoms with E-state index in [1.165, 1.54) is 26.2 Å². The van der Waals surface area contributed by atoms with E-state index in [0.717, 1.165) is 0 Å². The standard InChI is InChI=1S/C62H82N4O22/c1-34-40(30-61(80)31-41(85-54(76)38-21-15-12-16-22-38)51-60(9,52(73)35(2)48(34)59(61,7)8)42(81-10)29-43-62(51,32-82-43)87-36(3)68)84-55(77)50(49(37-19-13-11-14-20-37)66-57(79)88-58(4,5)6)86-47(72)27-24-44(69)63-28-18-17-23-39(53(74)75)64-56(78)65-45(83-33-67)25-26-46(70)71/h11-16,19-22,33,35,39-43,45,49-51,80H,17-18,23-32H2,1-10H3,(H,63,69)(H,66,79)(H,70,71)(H,74,75)(H2,64,65,78)/t35-,39+,40+,41-,42+,43-,45-,49+,50-,51+,60-,61-,62+/m1/s1. The molecule has 0 aromatic heterocycles. The molecule has 2 saturated carbocycles. The average Bonchev–Trinajstić information content (AvgIpc) is 1.16. The van der Waals surface area contributed by atoms with E-state index >= 15 is 9.59 Å². The molecule has 2 bridgehead atoms. The molecular weight excluding hydrogens is 1150 g/mol. The van der Waals surface area contributed by atoms with Gasteiger partial charge in [0.1, 0.15) is 41.8 Å². The van der Waals surface area contributed by atoms with Crippen LogP contribution in [0.3, 0.4) is 0 Å². The van der Waals surface area contributed by atoms with Gasteiger partial charge in [0.2, 0.25) is 12.0 Å². The number of ketones is 1. The van der Waals surface area contributed by atoms with Gasteiger partial charge in [-0.15, -0.1) is 0 Å². The molecule has 482 valence electrons. The summed E-state index contributed by atoms with van der Waals surface area (Å²) in [6, 6.07) is 12.1. The van der Waals surface area contributed by atoms with Gasteiger partial charge in [0.05, 0.1) is 48.0 Å². The summed E-state index contributed by atoms with van der Waals surface area (Å²) in [5.74, 6) is -9.77. The summed E-state index contributed by atoms with van der Waals surface area (Å²) in [6.07, 6.45) is -11.2. The van der Waals surface area contributed by atoms with E-state index in [2.05, 4.69) is 26.0 Å². The number of fused-ring (bicyclic) bond motifs is 5. The number of aliphatic carboxylic acids is 2. The number of methoxy groups -OCH3 is 1. The summed E-state index contributed by atoms with van der Waals surface area (Å²) in [4.78, 5) is 146. The minimum absolute atomic E-state index is 0.00306. The lowest BCUT2D eigenvalue weighted by molar-refractivity contribution is -0.333. The van der Waals surface area contributed by atoms with Crippen molar-refractivity contribution in [2.24, 2.45) is 22.7 Å². The number of carbonyl (C=O) groups is 11. The van der Waals surface area contributed by atoms with Crippen molar-refractivity contribution in [3.63, 3.8) is 0 Å². The number of carboxylic acids is 2. The maximum Gasteiger partial charge on any atom is 0.408 e. The maximum absolute atomic E-state index is 16.0. The number of nitrogens with one attached hydrogen (secondary N) is 4. The number of alkyl carbamates (subject to hydrolysis) is 1. The van der Waals surface area contributed by atoms with Crippen molar-refractivity contribution in [3.8, 4) is 0 Å². The molecule has 0 radical (unpaired) electrons. The molecule has 13 atom stereocenters. The number of urea groups is 1. The normalized spacial score (nSPS) is 26.6. The van der Waals surface area contributed by atoms with Crippen LogP contribution in [0.2, 0.25) is 0 Å². The zero-order valence-electron chi connectivity index (χ0n) is 51.2. The molecule has 1 saturated heterocycles. The molecule has 4 aliphatic rings. The number of hydrogen-bond donors (Lipinski definition) is 7. The number of hydrogen-bond acceptors (Lipinski definition) is 20. The molecule has 26 heteroatoms. The summed E-state index contributed by atoms with van der Waals surface area (Å²) < 4.78 is 47.6. The number of carboxylic acid groups (broad SMARTS) is 2. The van der Waals surface area contributed by atoms with Crippen LogP contribution in [0.5, 0.6) is 0 Å². The third-order valence-corrected chi connectivity index (χ3v) is 17.2. The van der Waals surface area contributed by atoms with Crippen molar-refractivity contribution >= 4 is 66.1 Å². The van der Waals surface area contributed by atoms with Crippen LogP contribution in [-0.2, 0) is 76.3 Å². The van der Waals surface area contributed by atoms with Gasteiger partial charge in [-0.1, -0.05) is 69.3 Å². The number of Topliss-reactive ketones (excluding diaryl/α,β-unsaturated/α-hetero) is 1. The van der Waals surface area contributed by atoms with E-state index in [4.69, 9.17) is 38.3 Å². The van der Waals surface area contributed by atoms with E-state index in [0.29, 0.717) is 11.1 Å². The van der Waals surface area contributed by atoms with Gasteiger partial charge in [0.25, 0.3) is 6.47 Å². The second-order valence-corrected chi connectivity index (χ2v) is 24.5. The number of rotatable bonds is 26. The number of aliphatic hydroxyl groups is 1. The van der Waals surface area contributed by atoms with Gasteiger partial charge in [0, 0.05) is 64.0 Å². The molecule has 6 rings (SSSR count). The van der Waals surface area contributed by atoms with Gasteiger partial charge >= 0.3 is 47.9 Å². The van der Waals surface area contributed by atoms with Crippen LogP contribution in [-0.4, -0.2) is 161 Å². The zero-order valence-corrected chi connectivity index (χ0v) is 51.2. The van der Waals surface area contributed by atoms with Gasteiger partial charge in [0.15, 0.2) is 11.8 Å². The SMILES string of the molecule is CO[C@H]1C[C@H]2OC[C@@]2(OC(C)=O)[C@H]2[C@H](OC(=O)c3ccccc3)C[C@]3(O)C[C@H](OC(=O)[C@H](OC(=O)CCC(=O)NCCCC[C@H](NC(=O)N[C@@H](CCC(=O)O)OC=O)C(=O)O)[C@@H](NC(=O)OC(C)(C)C)c4ccccc4)C(C)=C([C@@H](C)C(=O)[C@]12C)C3(C)C. The van der Waals surface area contributed by atoms with Gasteiger partial charge in [-0.3, -0.25) is 28.8 Å². The summed E-state index contributed by atoms with van der Waals surface area (Å²) in [5, 5.41) is 42.0. The first-order chi connectivity index (χ1) is 41.3. The van der Waals surface area contributed by atoms with Crippen molar-refractivity contribution in [3.05, 3.63) is 82.9 Å². The third kappa shape index (κ3) is 16.0. The number of unbranched alkanes of at least 4 members (excludes halogenated alkanes) is 1.